The van der Waals surface area contributed by atoms with E-state index in [2.05, 4.69) is 36.2 Å². The zero-order chi connectivity index (χ0) is 15.4. The quantitative estimate of drug-likeness (QED) is 0.651. The molecule has 22 heavy (non-hydrogen) atoms. The minimum Gasteiger partial charge on any atom is -0.487 e. The van der Waals surface area contributed by atoms with Crippen molar-refractivity contribution in [2.75, 3.05) is 0 Å². The fourth-order valence-electron chi connectivity index (χ4n) is 2.06. The number of rotatable bonds is 5. The van der Waals surface area contributed by atoms with Gasteiger partial charge in [-0.1, -0.05) is 42.0 Å². The predicted octanol–water partition coefficient (Wildman–Crippen LogP) is 4.51. The molecule has 0 aliphatic heterocycles. The lowest BCUT2D eigenvalue weighted by atomic mass is 10.2. The highest BCUT2D eigenvalue weighted by molar-refractivity contribution is 7.13. The molecule has 1 heterocycles. The van der Waals surface area contributed by atoms with E-state index in [0.29, 0.717) is 17.9 Å². The van der Waals surface area contributed by atoms with Crippen LogP contribution in [0.2, 0.25) is 0 Å². The van der Waals surface area contributed by atoms with Gasteiger partial charge in [-0.3, -0.25) is 4.79 Å². The Kier molecular flexibility index (Phi) is 4.30. The van der Waals surface area contributed by atoms with Crippen molar-refractivity contribution in [3.63, 3.8) is 0 Å². The summed E-state index contributed by atoms with van der Waals surface area (Å²) in [4.78, 5) is 15.5. The number of ether oxygens (including phenoxy) is 1. The predicted molar refractivity (Wildman–Crippen MR) is 88.4 cm³/mol. The van der Waals surface area contributed by atoms with E-state index < -0.39 is 0 Å². The van der Waals surface area contributed by atoms with Crippen LogP contribution >= 0.6 is 11.3 Å². The van der Waals surface area contributed by atoms with Gasteiger partial charge in [0.2, 0.25) is 0 Å². The molecule has 0 radical (unpaired) electrons. The molecule has 1 aromatic heterocycles. The van der Waals surface area contributed by atoms with Gasteiger partial charge in [0, 0.05) is 10.9 Å². The number of aromatic nitrogens is 1. The van der Waals surface area contributed by atoms with Gasteiger partial charge in [-0.15, -0.1) is 11.3 Å². The fraction of sp³-hybridized carbons (Fsp3) is 0.111. The van der Waals surface area contributed by atoms with Crippen LogP contribution in [-0.2, 0) is 6.61 Å². The first-order valence-electron chi connectivity index (χ1n) is 6.95. The van der Waals surface area contributed by atoms with Crippen molar-refractivity contribution in [3.05, 3.63) is 70.7 Å². The smallest absolute Gasteiger partial charge is 0.153 e. The number of thiazole rings is 1. The van der Waals surface area contributed by atoms with Crippen LogP contribution in [0.1, 0.15) is 21.6 Å². The highest BCUT2D eigenvalue weighted by atomic mass is 32.1. The van der Waals surface area contributed by atoms with Crippen molar-refractivity contribution >= 4 is 17.6 Å². The van der Waals surface area contributed by atoms with E-state index in [9.17, 15) is 4.79 Å². The first-order chi connectivity index (χ1) is 10.8. The lowest BCUT2D eigenvalue weighted by molar-refractivity contribution is 0.111. The molecule has 0 aliphatic rings. The zero-order valence-electron chi connectivity index (χ0n) is 12.2. The van der Waals surface area contributed by atoms with E-state index in [-0.39, 0.29) is 0 Å². The van der Waals surface area contributed by atoms with Gasteiger partial charge < -0.3 is 4.74 Å². The van der Waals surface area contributed by atoms with Gasteiger partial charge in [-0.2, -0.15) is 0 Å². The van der Waals surface area contributed by atoms with Crippen LogP contribution < -0.4 is 4.74 Å². The number of carbonyl (C=O) groups excluding carboxylic acids is 1. The minimum atomic E-state index is 0.354. The van der Waals surface area contributed by atoms with Crippen LogP contribution in [0, 0.1) is 6.92 Å². The number of carbonyl (C=O) groups is 1. The number of benzene rings is 2. The maximum Gasteiger partial charge on any atom is 0.153 e. The van der Waals surface area contributed by atoms with Crippen molar-refractivity contribution in [1.29, 1.82) is 0 Å². The molecule has 110 valence electrons. The number of para-hydroxylation sites is 1. The van der Waals surface area contributed by atoms with Crippen LogP contribution in [0.4, 0.5) is 0 Å². The molecular weight excluding hydrogens is 294 g/mol. The Bertz CT molecular complexity index is 778. The fourth-order valence-corrected chi connectivity index (χ4v) is 2.87. The van der Waals surface area contributed by atoms with Gasteiger partial charge in [0.25, 0.3) is 0 Å². The van der Waals surface area contributed by atoms with Crippen LogP contribution in [0.5, 0.6) is 5.75 Å². The van der Waals surface area contributed by atoms with E-state index in [0.717, 1.165) is 22.6 Å². The Morgan fingerprint density at radius 1 is 1.14 bits per heavy atom. The molecule has 2 aromatic carbocycles. The molecule has 3 nitrogen and oxygen atoms in total. The molecule has 4 heteroatoms. The lowest BCUT2D eigenvalue weighted by Crippen LogP contribution is -1.98. The van der Waals surface area contributed by atoms with Gasteiger partial charge in [-0.25, -0.2) is 4.98 Å². The van der Waals surface area contributed by atoms with E-state index >= 15 is 0 Å². The molecule has 0 unspecified atom stereocenters. The summed E-state index contributed by atoms with van der Waals surface area (Å²) in [5, 5.41) is 2.96. The van der Waals surface area contributed by atoms with Gasteiger partial charge in [0.05, 0.1) is 11.3 Å². The van der Waals surface area contributed by atoms with Crippen molar-refractivity contribution in [2.24, 2.45) is 0 Å². The molecular formula is C18H15NO2S. The van der Waals surface area contributed by atoms with Crippen LogP contribution in [0.3, 0.4) is 0 Å². The second-order valence-electron chi connectivity index (χ2n) is 4.95. The summed E-state index contributed by atoms with van der Waals surface area (Å²) < 4.78 is 5.70. The highest BCUT2D eigenvalue weighted by Crippen LogP contribution is 2.25. The summed E-state index contributed by atoms with van der Waals surface area (Å²) in [6, 6.07) is 15.5. The Balaban J connectivity index is 1.72. The molecule has 3 rings (SSSR count). The molecule has 0 atom stereocenters. The third kappa shape index (κ3) is 3.23. The number of hydrogen-bond donors (Lipinski definition) is 0. The number of hydrogen-bond acceptors (Lipinski definition) is 4. The van der Waals surface area contributed by atoms with Crippen molar-refractivity contribution < 1.29 is 9.53 Å². The van der Waals surface area contributed by atoms with E-state index in [1.54, 1.807) is 23.5 Å². The first kappa shape index (κ1) is 14.5. The SMILES string of the molecule is Cc1ccc(-c2nc(COc3ccccc3C=O)cs2)cc1. The van der Waals surface area contributed by atoms with Gasteiger partial charge >= 0.3 is 0 Å². The van der Waals surface area contributed by atoms with Crippen LogP contribution in [0.15, 0.2) is 53.9 Å². The van der Waals surface area contributed by atoms with Crippen molar-refractivity contribution in [2.45, 2.75) is 13.5 Å². The molecule has 0 amide bonds. The Morgan fingerprint density at radius 2 is 1.91 bits per heavy atom. The molecule has 3 aromatic rings. The van der Waals surface area contributed by atoms with Gasteiger partial charge in [0.15, 0.2) is 6.29 Å². The maximum atomic E-state index is 11.0. The Morgan fingerprint density at radius 3 is 2.68 bits per heavy atom. The normalized spacial score (nSPS) is 10.4. The van der Waals surface area contributed by atoms with Crippen LogP contribution in [0.25, 0.3) is 10.6 Å². The highest BCUT2D eigenvalue weighted by Gasteiger charge is 2.07. The monoisotopic (exact) mass is 309 g/mol. The average Bonchev–Trinajstić information content (AvgIpc) is 3.03. The molecule has 0 fully saturated rings. The van der Waals surface area contributed by atoms with Gasteiger partial charge in [0.1, 0.15) is 17.4 Å². The summed E-state index contributed by atoms with van der Waals surface area (Å²) in [5.41, 5.74) is 3.75. The largest absolute Gasteiger partial charge is 0.487 e. The summed E-state index contributed by atoms with van der Waals surface area (Å²) >= 11 is 1.59. The summed E-state index contributed by atoms with van der Waals surface area (Å²) in [5.74, 6) is 0.586. The summed E-state index contributed by atoms with van der Waals surface area (Å²) in [7, 11) is 0. The third-order valence-electron chi connectivity index (χ3n) is 3.27. The number of nitrogens with zero attached hydrogens (tertiary/aromatic N) is 1. The first-order valence-corrected chi connectivity index (χ1v) is 7.82. The topological polar surface area (TPSA) is 39.2 Å². The Hall–Kier alpha value is -2.46. The third-order valence-corrected chi connectivity index (χ3v) is 4.21. The van der Waals surface area contributed by atoms with E-state index in [4.69, 9.17) is 4.74 Å². The molecule has 0 bridgehead atoms. The zero-order valence-corrected chi connectivity index (χ0v) is 13.0. The second kappa shape index (κ2) is 6.54. The molecule has 0 spiro atoms. The second-order valence-corrected chi connectivity index (χ2v) is 5.81. The minimum absolute atomic E-state index is 0.354. The Labute approximate surface area is 133 Å². The van der Waals surface area contributed by atoms with Gasteiger partial charge in [-0.05, 0) is 19.1 Å². The summed E-state index contributed by atoms with van der Waals surface area (Å²) in [6.07, 6.45) is 0.800. The molecule has 0 N–H and O–H groups in total. The molecule has 0 aliphatic carbocycles. The molecule has 0 saturated carbocycles. The van der Waals surface area contributed by atoms with Crippen molar-refractivity contribution in [1.82, 2.24) is 4.98 Å². The number of aldehydes is 1. The van der Waals surface area contributed by atoms with E-state index in [1.807, 2.05) is 17.5 Å². The lowest BCUT2D eigenvalue weighted by Gasteiger charge is -2.06. The standard InChI is InChI=1S/C18H15NO2S/c1-13-6-8-14(9-7-13)18-19-16(12-22-18)11-21-17-5-3-2-4-15(17)10-20/h2-10,12H,11H2,1H3. The molecule has 0 saturated heterocycles. The maximum absolute atomic E-state index is 11.0. The van der Waals surface area contributed by atoms with E-state index in [1.165, 1.54) is 5.56 Å². The van der Waals surface area contributed by atoms with Crippen LogP contribution in [-0.4, -0.2) is 11.3 Å². The average molecular weight is 309 g/mol. The summed E-state index contributed by atoms with van der Waals surface area (Å²) in [6.45, 7) is 2.42. The number of aryl methyl sites for hydroxylation is 1. The van der Waals surface area contributed by atoms with Crippen molar-refractivity contribution in [3.8, 4) is 16.3 Å².